The molecule has 0 N–H and O–H groups in total. The maximum atomic E-state index is 13.3. The number of piperidine rings is 1. The van der Waals surface area contributed by atoms with E-state index in [0.29, 0.717) is 35.0 Å². The van der Waals surface area contributed by atoms with E-state index in [9.17, 15) is 14.4 Å². The number of amides is 1. The Kier molecular flexibility index (Phi) is 5.76. The molecule has 1 aliphatic rings. The number of aromatic nitrogens is 2. The van der Waals surface area contributed by atoms with Crippen LogP contribution in [0.5, 0.6) is 5.75 Å². The Morgan fingerprint density at radius 3 is 2.83 bits per heavy atom. The van der Waals surface area contributed by atoms with E-state index in [1.807, 2.05) is 23.1 Å². The Balaban J connectivity index is 1.73. The minimum atomic E-state index is -0.466. The SMILES string of the molecule is COc1cccc(Cn2c(=O)c3sccc3n(CC(=O)N3CCCC(C)C3)c2=O)c1. The molecule has 7 nitrogen and oxygen atoms in total. The van der Waals surface area contributed by atoms with Crippen LogP contribution < -0.4 is 16.0 Å². The van der Waals surface area contributed by atoms with Crippen molar-refractivity contribution >= 4 is 27.5 Å². The van der Waals surface area contributed by atoms with Crippen molar-refractivity contribution < 1.29 is 9.53 Å². The van der Waals surface area contributed by atoms with Gasteiger partial charge in [0.05, 0.1) is 19.2 Å². The minimum absolute atomic E-state index is 0.0584. The van der Waals surface area contributed by atoms with Crippen LogP contribution in [0.15, 0.2) is 45.3 Å². The van der Waals surface area contributed by atoms with E-state index in [2.05, 4.69) is 6.92 Å². The van der Waals surface area contributed by atoms with E-state index < -0.39 is 5.69 Å². The van der Waals surface area contributed by atoms with Crippen molar-refractivity contribution in [2.75, 3.05) is 20.2 Å². The van der Waals surface area contributed by atoms with Gasteiger partial charge in [-0.1, -0.05) is 19.1 Å². The van der Waals surface area contributed by atoms with Crippen molar-refractivity contribution in [3.63, 3.8) is 0 Å². The molecule has 30 heavy (non-hydrogen) atoms. The van der Waals surface area contributed by atoms with Gasteiger partial charge in [-0.05, 0) is 47.9 Å². The number of benzene rings is 1. The average molecular weight is 428 g/mol. The maximum Gasteiger partial charge on any atom is 0.332 e. The zero-order valence-corrected chi connectivity index (χ0v) is 18.0. The molecular weight excluding hydrogens is 402 g/mol. The summed E-state index contributed by atoms with van der Waals surface area (Å²) in [6.45, 7) is 3.63. The third-order valence-electron chi connectivity index (χ3n) is 5.61. The lowest BCUT2D eigenvalue weighted by Gasteiger charge is -2.31. The highest BCUT2D eigenvalue weighted by Crippen LogP contribution is 2.19. The van der Waals surface area contributed by atoms with Gasteiger partial charge in [0, 0.05) is 13.1 Å². The lowest BCUT2D eigenvalue weighted by molar-refractivity contribution is -0.133. The summed E-state index contributed by atoms with van der Waals surface area (Å²) in [5.74, 6) is 1.04. The summed E-state index contributed by atoms with van der Waals surface area (Å²) in [4.78, 5) is 41.0. The molecule has 1 atom stereocenters. The number of hydrogen-bond acceptors (Lipinski definition) is 5. The molecule has 0 aliphatic carbocycles. The van der Waals surface area contributed by atoms with Crippen LogP contribution in [-0.2, 0) is 17.9 Å². The second kappa shape index (κ2) is 8.47. The monoisotopic (exact) mass is 427 g/mol. The third-order valence-corrected chi connectivity index (χ3v) is 6.51. The van der Waals surface area contributed by atoms with E-state index in [-0.39, 0.29) is 24.6 Å². The van der Waals surface area contributed by atoms with Crippen molar-refractivity contribution in [1.82, 2.24) is 14.0 Å². The Hall–Kier alpha value is -2.87. The van der Waals surface area contributed by atoms with Crippen molar-refractivity contribution in [3.05, 3.63) is 62.1 Å². The van der Waals surface area contributed by atoms with Gasteiger partial charge in [0.1, 0.15) is 17.0 Å². The first-order chi connectivity index (χ1) is 14.5. The van der Waals surface area contributed by atoms with E-state index in [4.69, 9.17) is 4.74 Å². The quantitative estimate of drug-likeness (QED) is 0.627. The minimum Gasteiger partial charge on any atom is -0.497 e. The maximum absolute atomic E-state index is 13.3. The van der Waals surface area contributed by atoms with Crippen molar-refractivity contribution in [2.24, 2.45) is 5.92 Å². The van der Waals surface area contributed by atoms with Gasteiger partial charge in [-0.25, -0.2) is 4.79 Å². The van der Waals surface area contributed by atoms with Gasteiger partial charge in [0.2, 0.25) is 5.91 Å². The molecular formula is C22H25N3O4S. The zero-order valence-electron chi connectivity index (χ0n) is 17.2. The molecule has 4 rings (SSSR count). The van der Waals surface area contributed by atoms with Crippen LogP contribution in [0, 0.1) is 5.92 Å². The fourth-order valence-corrected chi connectivity index (χ4v) is 4.87. The van der Waals surface area contributed by atoms with Crippen LogP contribution in [0.2, 0.25) is 0 Å². The number of rotatable bonds is 5. The highest BCUT2D eigenvalue weighted by Gasteiger charge is 2.23. The van der Waals surface area contributed by atoms with E-state index >= 15 is 0 Å². The van der Waals surface area contributed by atoms with Gasteiger partial charge in [0.25, 0.3) is 5.56 Å². The standard InChI is InChI=1S/C22H25N3O4S/c1-15-5-4-9-23(12-15)19(26)14-24-18-8-10-30-20(18)21(27)25(22(24)28)13-16-6-3-7-17(11-16)29-2/h3,6-8,10-11,15H,4-5,9,12-14H2,1-2H3. The summed E-state index contributed by atoms with van der Waals surface area (Å²) >= 11 is 1.29. The summed E-state index contributed by atoms with van der Waals surface area (Å²) in [5.41, 5.74) is 0.512. The summed E-state index contributed by atoms with van der Waals surface area (Å²) < 4.78 is 8.38. The number of carbonyl (C=O) groups is 1. The highest BCUT2D eigenvalue weighted by atomic mass is 32.1. The molecule has 0 bridgehead atoms. The molecule has 3 heterocycles. The molecule has 1 saturated heterocycles. The van der Waals surface area contributed by atoms with Crippen molar-refractivity contribution in [2.45, 2.75) is 32.9 Å². The van der Waals surface area contributed by atoms with Crippen LogP contribution in [-0.4, -0.2) is 40.1 Å². The number of likely N-dealkylation sites (tertiary alicyclic amines) is 1. The molecule has 158 valence electrons. The number of fused-ring (bicyclic) bond motifs is 1. The summed E-state index contributed by atoms with van der Waals surface area (Å²) in [5, 5.41) is 1.78. The molecule has 1 aromatic carbocycles. The lowest BCUT2D eigenvalue weighted by atomic mass is 10.0. The van der Waals surface area contributed by atoms with Gasteiger partial charge >= 0.3 is 5.69 Å². The second-order valence-corrected chi connectivity index (χ2v) is 8.75. The number of thiophene rings is 1. The lowest BCUT2D eigenvalue weighted by Crippen LogP contribution is -2.45. The van der Waals surface area contributed by atoms with Crippen LogP contribution in [0.3, 0.4) is 0 Å². The predicted octanol–water partition coefficient (Wildman–Crippen LogP) is 2.54. The van der Waals surface area contributed by atoms with Gasteiger partial charge in [-0.3, -0.25) is 18.7 Å². The van der Waals surface area contributed by atoms with Gasteiger partial charge in [-0.15, -0.1) is 11.3 Å². The molecule has 8 heteroatoms. The average Bonchev–Trinajstić information content (AvgIpc) is 3.24. The molecule has 1 amide bonds. The van der Waals surface area contributed by atoms with Crippen LogP contribution in [0.1, 0.15) is 25.3 Å². The Labute approximate surface area is 178 Å². The van der Waals surface area contributed by atoms with Crippen molar-refractivity contribution in [3.8, 4) is 5.75 Å². The number of nitrogens with zero attached hydrogens (tertiary/aromatic N) is 3. The fraction of sp³-hybridized carbons (Fsp3) is 0.409. The molecule has 0 saturated carbocycles. The smallest absolute Gasteiger partial charge is 0.332 e. The Bertz CT molecular complexity index is 1190. The van der Waals surface area contributed by atoms with Crippen molar-refractivity contribution in [1.29, 1.82) is 0 Å². The van der Waals surface area contributed by atoms with Crippen LogP contribution in [0.4, 0.5) is 0 Å². The first-order valence-electron chi connectivity index (χ1n) is 10.1. The fourth-order valence-electron chi connectivity index (χ4n) is 4.03. The molecule has 0 spiro atoms. The number of hydrogen-bond donors (Lipinski definition) is 0. The molecule has 1 aliphatic heterocycles. The second-order valence-electron chi connectivity index (χ2n) is 7.83. The predicted molar refractivity (Wildman–Crippen MR) is 117 cm³/mol. The molecule has 1 unspecified atom stereocenters. The molecule has 2 aromatic heterocycles. The van der Waals surface area contributed by atoms with Crippen LogP contribution in [0.25, 0.3) is 10.2 Å². The number of methoxy groups -OCH3 is 1. The zero-order chi connectivity index (χ0) is 21.3. The summed E-state index contributed by atoms with van der Waals surface area (Å²) in [7, 11) is 1.57. The first kappa shape index (κ1) is 20.4. The number of carbonyl (C=O) groups excluding carboxylic acids is 1. The van der Waals surface area contributed by atoms with Gasteiger partial charge < -0.3 is 9.64 Å². The van der Waals surface area contributed by atoms with E-state index in [1.54, 1.807) is 24.6 Å². The highest BCUT2D eigenvalue weighted by molar-refractivity contribution is 7.17. The Morgan fingerprint density at radius 1 is 1.23 bits per heavy atom. The van der Waals surface area contributed by atoms with E-state index in [0.717, 1.165) is 18.4 Å². The molecule has 3 aromatic rings. The normalized spacial score (nSPS) is 16.7. The van der Waals surface area contributed by atoms with Gasteiger partial charge in [-0.2, -0.15) is 0 Å². The summed E-state index contributed by atoms with van der Waals surface area (Å²) in [6, 6.07) is 9.02. The molecule has 0 radical (unpaired) electrons. The Morgan fingerprint density at radius 2 is 2.07 bits per heavy atom. The largest absolute Gasteiger partial charge is 0.497 e. The number of ether oxygens (including phenoxy) is 1. The van der Waals surface area contributed by atoms with Gasteiger partial charge in [0.15, 0.2) is 0 Å². The first-order valence-corrected chi connectivity index (χ1v) is 11.0. The van der Waals surface area contributed by atoms with E-state index in [1.165, 1.54) is 20.5 Å². The summed E-state index contributed by atoms with van der Waals surface area (Å²) in [6.07, 6.45) is 2.09. The third kappa shape index (κ3) is 3.92. The molecule has 1 fully saturated rings. The van der Waals surface area contributed by atoms with Crippen LogP contribution >= 0.6 is 11.3 Å². The topological polar surface area (TPSA) is 73.5 Å².